The fraction of sp³-hybridized carbons (Fsp3) is 0.481. The van der Waals surface area contributed by atoms with Gasteiger partial charge in [0.2, 0.25) is 5.91 Å². The van der Waals surface area contributed by atoms with Gasteiger partial charge in [0.25, 0.3) is 5.91 Å². The van der Waals surface area contributed by atoms with Crippen LogP contribution in [0.25, 0.3) is 0 Å². The lowest BCUT2D eigenvalue weighted by molar-refractivity contribution is -0.143. The maximum atomic E-state index is 13.5. The fourth-order valence-corrected chi connectivity index (χ4v) is 5.32. The molecule has 2 amide bonds. The highest BCUT2D eigenvalue weighted by Crippen LogP contribution is 2.29. The lowest BCUT2D eigenvalue weighted by Gasteiger charge is -2.31. The lowest BCUT2D eigenvalue weighted by atomic mass is 10.0. The number of nitrogens with one attached hydrogen (secondary N) is 1. The SMILES string of the molecule is CCC(C(=O)NC1CCCC1)N(Cc1ccc(Cl)cc1Cl)C(=O)COc1ccc(C(C)C)cc1Br. The highest BCUT2D eigenvalue weighted by molar-refractivity contribution is 9.10. The summed E-state index contributed by atoms with van der Waals surface area (Å²) in [6.45, 7) is 6.13. The van der Waals surface area contributed by atoms with Gasteiger partial charge in [-0.25, -0.2) is 0 Å². The van der Waals surface area contributed by atoms with E-state index < -0.39 is 6.04 Å². The first-order valence-electron chi connectivity index (χ1n) is 12.2. The van der Waals surface area contributed by atoms with E-state index in [1.165, 1.54) is 5.56 Å². The highest BCUT2D eigenvalue weighted by atomic mass is 79.9. The summed E-state index contributed by atoms with van der Waals surface area (Å²) in [7, 11) is 0. The van der Waals surface area contributed by atoms with Crippen molar-refractivity contribution in [3.8, 4) is 5.75 Å². The first kappa shape index (κ1) is 27.8. The first-order chi connectivity index (χ1) is 16.7. The molecule has 1 atom stereocenters. The van der Waals surface area contributed by atoms with Gasteiger partial charge in [0, 0.05) is 22.6 Å². The van der Waals surface area contributed by atoms with Crippen LogP contribution in [0.5, 0.6) is 5.75 Å². The van der Waals surface area contributed by atoms with E-state index in [-0.39, 0.29) is 31.0 Å². The van der Waals surface area contributed by atoms with Gasteiger partial charge in [-0.3, -0.25) is 9.59 Å². The summed E-state index contributed by atoms with van der Waals surface area (Å²) < 4.78 is 6.67. The highest BCUT2D eigenvalue weighted by Gasteiger charge is 2.31. The average Bonchev–Trinajstić information content (AvgIpc) is 3.32. The summed E-state index contributed by atoms with van der Waals surface area (Å²) in [5.74, 6) is 0.533. The van der Waals surface area contributed by atoms with Crippen LogP contribution in [0.15, 0.2) is 40.9 Å². The normalized spacial score (nSPS) is 14.7. The number of hydrogen-bond donors (Lipinski definition) is 1. The molecule has 0 spiro atoms. The molecule has 0 bridgehead atoms. The number of carbonyl (C=O) groups excluding carboxylic acids is 2. The van der Waals surface area contributed by atoms with E-state index in [1.807, 2.05) is 25.1 Å². The van der Waals surface area contributed by atoms with E-state index in [1.54, 1.807) is 23.1 Å². The monoisotopic (exact) mass is 582 g/mol. The van der Waals surface area contributed by atoms with E-state index in [4.69, 9.17) is 27.9 Å². The maximum absolute atomic E-state index is 13.5. The zero-order valence-corrected chi connectivity index (χ0v) is 23.5. The van der Waals surface area contributed by atoms with E-state index >= 15 is 0 Å². The van der Waals surface area contributed by atoms with Crippen LogP contribution < -0.4 is 10.1 Å². The van der Waals surface area contributed by atoms with Gasteiger partial charge in [-0.2, -0.15) is 0 Å². The molecule has 3 rings (SSSR count). The molecule has 1 saturated carbocycles. The molecule has 8 heteroatoms. The Balaban J connectivity index is 1.80. The van der Waals surface area contributed by atoms with Crippen LogP contribution in [0, 0.1) is 0 Å². The number of hydrogen-bond acceptors (Lipinski definition) is 3. The van der Waals surface area contributed by atoms with E-state index in [0.29, 0.717) is 28.1 Å². The fourth-order valence-electron chi connectivity index (χ4n) is 4.34. The molecule has 35 heavy (non-hydrogen) atoms. The molecule has 190 valence electrons. The molecular weight excluding hydrogens is 551 g/mol. The predicted octanol–water partition coefficient (Wildman–Crippen LogP) is 7.12. The molecule has 1 aliphatic rings. The Kier molecular flexibility index (Phi) is 10.3. The number of amides is 2. The van der Waals surface area contributed by atoms with Crippen molar-refractivity contribution in [1.82, 2.24) is 10.2 Å². The quantitative estimate of drug-likeness (QED) is 0.324. The molecule has 2 aromatic rings. The van der Waals surface area contributed by atoms with Crippen LogP contribution in [-0.2, 0) is 16.1 Å². The summed E-state index contributed by atoms with van der Waals surface area (Å²) in [5, 5.41) is 4.11. The van der Waals surface area contributed by atoms with Crippen molar-refractivity contribution in [3.63, 3.8) is 0 Å². The summed E-state index contributed by atoms with van der Waals surface area (Å²) >= 11 is 16.0. The smallest absolute Gasteiger partial charge is 0.261 e. The summed E-state index contributed by atoms with van der Waals surface area (Å²) in [4.78, 5) is 28.3. The van der Waals surface area contributed by atoms with Crippen molar-refractivity contribution in [2.75, 3.05) is 6.61 Å². The van der Waals surface area contributed by atoms with Gasteiger partial charge in [0.05, 0.1) is 4.47 Å². The molecule has 0 heterocycles. The maximum Gasteiger partial charge on any atom is 0.261 e. The molecule has 1 fully saturated rings. The van der Waals surface area contributed by atoms with Crippen molar-refractivity contribution in [1.29, 1.82) is 0 Å². The van der Waals surface area contributed by atoms with E-state index in [2.05, 4.69) is 35.1 Å². The third-order valence-corrected chi connectivity index (χ3v) is 7.62. The molecule has 0 saturated heterocycles. The number of rotatable bonds is 10. The van der Waals surface area contributed by atoms with Gasteiger partial charge in [0.1, 0.15) is 11.8 Å². The predicted molar refractivity (Wildman–Crippen MR) is 145 cm³/mol. The molecule has 1 aliphatic carbocycles. The van der Waals surface area contributed by atoms with Crippen molar-refractivity contribution in [2.45, 2.75) is 77.4 Å². The van der Waals surface area contributed by atoms with Crippen molar-refractivity contribution in [2.24, 2.45) is 0 Å². The Morgan fingerprint density at radius 2 is 1.86 bits per heavy atom. The number of benzene rings is 2. The van der Waals surface area contributed by atoms with Crippen molar-refractivity contribution < 1.29 is 14.3 Å². The second-order valence-electron chi connectivity index (χ2n) is 9.30. The van der Waals surface area contributed by atoms with Gasteiger partial charge >= 0.3 is 0 Å². The Morgan fingerprint density at radius 3 is 2.46 bits per heavy atom. The minimum Gasteiger partial charge on any atom is -0.483 e. The molecule has 0 aliphatic heterocycles. The van der Waals surface area contributed by atoms with Crippen LogP contribution >= 0.6 is 39.1 Å². The third-order valence-electron chi connectivity index (χ3n) is 6.42. The topological polar surface area (TPSA) is 58.6 Å². The Morgan fingerprint density at radius 1 is 1.14 bits per heavy atom. The third kappa shape index (κ3) is 7.61. The second-order valence-corrected chi connectivity index (χ2v) is 11.0. The Hall–Kier alpha value is -1.76. The zero-order valence-electron chi connectivity index (χ0n) is 20.5. The van der Waals surface area contributed by atoms with Crippen molar-refractivity contribution in [3.05, 3.63) is 62.0 Å². The molecule has 0 radical (unpaired) electrons. The molecular formula is C27H33BrCl2N2O3. The van der Waals surface area contributed by atoms with Crippen LogP contribution in [0.4, 0.5) is 0 Å². The molecule has 1 unspecified atom stereocenters. The largest absolute Gasteiger partial charge is 0.483 e. The van der Waals surface area contributed by atoms with Gasteiger partial charge in [-0.15, -0.1) is 0 Å². The minimum atomic E-state index is -0.634. The number of halogens is 3. The number of carbonyl (C=O) groups is 2. The summed E-state index contributed by atoms with van der Waals surface area (Å²) in [5.41, 5.74) is 1.89. The lowest BCUT2D eigenvalue weighted by Crippen LogP contribution is -2.52. The standard InChI is InChI=1S/C27H33BrCl2N2O3/c1-4-24(27(34)31-21-7-5-6-8-21)32(15-19-9-11-20(29)14-23(19)30)26(33)16-35-25-12-10-18(17(2)3)13-22(25)28/h9-14,17,21,24H,4-8,15-16H2,1-3H3,(H,31,34). The van der Waals surface area contributed by atoms with Crippen LogP contribution in [0.3, 0.4) is 0 Å². The summed E-state index contributed by atoms with van der Waals surface area (Å²) in [6.07, 6.45) is 4.65. The number of ether oxygens (including phenoxy) is 1. The van der Waals surface area contributed by atoms with Gasteiger partial charge in [-0.05, 0) is 76.5 Å². The molecule has 2 aromatic carbocycles. The van der Waals surface area contributed by atoms with Gasteiger partial charge in [0.15, 0.2) is 6.61 Å². The van der Waals surface area contributed by atoms with E-state index in [9.17, 15) is 9.59 Å². The van der Waals surface area contributed by atoms with Crippen LogP contribution in [-0.4, -0.2) is 35.4 Å². The molecule has 0 aromatic heterocycles. The first-order valence-corrected chi connectivity index (χ1v) is 13.7. The van der Waals surface area contributed by atoms with Crippen LogP contribution in [0.1, 0.15) is 69.9 Å². The van der Waals surface area contributed by atoms with Crippen LogP contribution in [0.2, 0.25) is 10.0 Å². The zero-order chi connectivity index (χ0) is 25.5. The average molecular weight is 584 g/mol. The molecule has 5 nitrogen and oxygen atoms in total. The Bertz CT molecular complexity index is 1040. The number of nitrogens with zero attached hydrogens (tertiary/aromatic N) is 1. The second kappa shape index (κ2) is 13.0. The van der Waals surface area contributed by atoms with Gasteiger partial charge in [-0.1, -0.05) is 68.9 Å². The Labute approximate surface area is 226 Å². The minimum absolute atomic E-state index is 0.139. The van der Waals surface area contributed by atoms with E-state index in [0.717, 1.165) is 35.7 Å². The van der Waals surface area contributed by atoms with Crippen molar-refractivity contribution >= 4 is 50.9 Å². The molecule has 1 N–H and O–H groups in total. The van der Waals surface area contributed by atoms with Gasteiger partial charge < -0.3 is 15.0 Å². The summed E-state index contributed by atoms with van der Waals surface area (Å²) in [6, 6.07) is 10.5.